The molecule has 0 radical (unpaired) electrons. The highest BCUT2D eigenvalue weighted by atomic mass is 19.1. The first kappa shape index (κ1) is 7.74. The molecule has 0 aliphatic heterocycles. The van der Waals surface area contributed by atoms with Crippen LogP contribution in [0.1, 0.15) is 18.9 Å². The van der Waals surface area contributed by atoms with E-state index < -0.39 is 0 Å². The summed E-state index contributed by atoms with van der Waals surface area (Å²) in [6, 6.07) is 6.88. The van der Waals surface area contributed by atoms with E-state index >= 15 is 0 Å². The Balaban J connectivity index is 2.31. The van der Waals surface area contributed by atoms with Crippen LogP contribution in [-0.2, 0) is 5.41 Å². The molecule has 1 aromatic rings. The predicted octanol–water partition coefficient (Wildman–Crippen LogP) is 1.81. The minimum Gasteiger partial charge on any atom is -0.327 e. The number of nitrogens with two attached hydrogens (primary N) is 1. The van der Waals surface area contributed by atoms with Gasteiger partial charge in [0, 0.05) is 11.5 Å². The topological polar surface area (TPSA) is 26.0 Å². The van der Waals surface area contributed by atoms with Crippen molar-refractivity contribution in [2.75, 3.05) is 0 Å². The molecule has 0 bridgehead atoms. The standard InChI is InChI=1S/C10H12FN/c1-10(6-9(10)12)7-2-4-8(11)5-3-7/h2-5,9H,6,12H2,1H3/t9-,10-/m1/s1. The van der Waals surface area contributed by atoms with E-state index in [-0.39, 0.29) is 17.3 Å². The summed E-state index contributed by atoms with van der Waals surface area (Å²) < 4.78 is 12.6. The van der Waals surface area contributed by atoms with Gasteiger partial charge in [0.25, 0.3) is 0 Å². The third-order valence-electron chi connectivity index (χ3n) is 2.81. The molecule has 2 atom stereocenters. The molecular formula is C10H12FN. The van der Waals surface area contributed by atoms with Crippen molar-refractivity contribution >= 4 is 0 Å². The Morgan fingerprint density at radius 2 is 1.92 bits per heavy atom. The molecule has 1 fully saturated rings. The Hall–Kier alpha value is -0.890. The van der Waals surface area contributed by atoms with E-state index in [2.05, 4.69) is 6.92 Å². The van der Waals surface area contributed by atoms with E-state index in [1.807, 2.05) is 12.1 Å². The Morgan fingerprint density at radius 3 is 2.33 bits per heavy atom. The highest BCUT2D eigenvalue weighted by Crippen LogP contribution is 2.46. The molecule has 12 heavy (non-hydrogen) atoms. The van der Waals surface area contributed by atoms with E-state index in [4.69, 9.17) is 5.73 Å². The Bertz CT molecular complexity index is 293. The second kappa shape index (κ2) is 2.30. The summed E-state index contributed by atoms with van der Waals surface area (Å²) in [6.07, 6.45) is 1.01. The van der Waals surface area contributed by atoms with Crippen molar-refractivity contribution < 1.29 is 4.39 Å². The molecule has 1 nitrogen and oxygen atoms in total. The van der Waals surface area contributed by atoms with Crippen LogP contribution in [0.4, 0.5) is 4.39 Å². The Morgan fingerprint density at radius 1 is 1.42 bits per heavy atom. The van der Waals surface area contributed by atoms with Gasteiger partial charge in [0.05, 0.1) is 0 Å². The van der Waals surface area contributed by atoms with Crippen LogP contribution in [0.2, 0.25) is 0 Å². The predicted molar refractivity (Wildman–Crippen MR) is 46.3 cm³/mol. The van der Waals surface area contributed by atoms with Gasteiger partial charge in [-0.05, 0) is 24.1 Å². The van der Waals surface area contributed by atoms with E-state index in [0.717, 1.165) is 12.0 Å². The van der Waals surface area contributed by atoms with Crippen LogP contribution in [0.3, 0.4) is 0 Å². The molecule has 0 unspecified atom stereocenters. The van der Waals surface area contributed by atoms with Gasteiger partial charge >= 0.3 is 0 Å². The summed E-state index contributed by atoms with van der Waals surface area (Å²) >= 11 is 0. The largest absolute Gasteiger partial charge is 0.327 e. The quantitative estimate of drug-likeness (QED) is 0.674. The minimum atomic E-state index is -0.184. The molecule has 1 aliphatic rings. The van der Waals surface area contributed by atoms with Gasteiger partial charge in [-0.2, -0.15) is 0 Å². The van der Waals surface area contributed by atoms with Gasteiger partial charge in [-0.15, -0.1) is 0 Å². The number of benzene rings is 1. The molecule has 1 aliphatic carbocycles. The molecule has 0 aromatic heterocycles. The van der Waals surface area contributed by atoms with E-state index in [9.17, 15) is 4.39 Å². The summed E-state index contributed by atoms with van der Waals surface area (Å²) in [6.45, 7) is 2.12. The van der Waals surface area contributed by atoms with Crippen molar-refractivity contribution in [2.45, 2.75) is 24.8 Å². The second-order valence-corrected chi connectivity index (χ2v) is 3.73. The zero-order valence-corrected chi connectivity index (χ0v) is 7.05. The molecule has 64 valence electrons. The summed E-state index contributed by atoms with van der Waals surface area (Å²) in [4.78, 5) is 0. The van der Waals surface area contributed by atoms with Gasteiger partial charge in [0.15, 0.2) is 0 Å². The van der Waals surface area contributed by atoms with Crippen molar-refractivity contribution in [2.24, 2.45) is 5.73 Å². The van der Waals surface area contributed by atoms with Crippen LogP contribution in [0.15, 0.2) is 24.3 Å². The third-order valence-corrected chi connectivity index (χ3v) is 2.81. The summed E-state index contributed by atoms with van der Waals surface area (Å²) in [5, 5.41) is 0. The maximum atomic E-state index is 12.6. The molecule has 0 spiro atoms. The van der Waals surface area contributed by atoms with E-state index in [1.54, 1.807) is 0 Å². The van der Waals surface area contributed by atoms with Crippen LogP contribution in [0, 0.1) is 5.82 Å². The van der Waals surface area contributed by atoms with Crippen LogP contribution in [-0.4, -0.2) is 6.04 Å². The van der Waals surface area contributed by atoms with Gasteiger partial charge in [0.2, 0.25) is 0 Å². The van der Waals surface area contributed by atoms with Crippen molar-refractivity contribution in [3.8, 4) is 0 Å². The van der Waals surface area contributed by atoms with Crippen molar-refractivity contribution in [1.29, 1.82) is 0 Å². The molecule has 1 saturated carbocycles. The van der Waals surface area contributed by atoms with E-state index in [1.165, 1.54) is 12.1 Å². The first-order valence-electron chi connectivity index (χ1n) is 4.14. The SMILES string of the molecule is C[C@]1(c2ccc(F)cc2)C[C@H]1N. The number of rotatable bonds is 1. The van der Waals surface area contributed by atoms with Gasteiger partial charge < -0.3 is 5.73 Å². The number of hydrogen-bond acceptors (Lipinski definition) is 1. The van der Waals surface area contributed by atoms with Crippen molar-refractivity contribution in [3.63, 3.8) is 0 Å². The molecule has 1 aromatic carbocycles. The molecule has 2 N–H and O–H groups in total. The Kier molecular flexibility index (Phi) is 1.48. The third kappa shape index (κ3) is 1.03. The minimum absolute atomic E-state index is 0.105. The fourth-order valence-corrected chi connectivity index (χ4v) is 1.56. The average molecular weight is 165 g/mol. The number of halogens is 1. The van der Waals surface area contributed by atoms with Crippen LogP contribution < -0.4 is 5.73 Å². The first-order chi connectivity index (χ1) is 5.63. The average Bonchev–Trinajstić information content (AvgIpc) is 2.62. The van der Waals surface area contributed by atoms with Gasteiger partial charge in [-0.25, -0.2) is 4.39 Å². The van der Waals surface area contributed by atoms with Crippen LogP contribution in [0.25, 0.3) is 0 Å². The first-order valence-corrected chi connectivity index (χ1v) is 4.14. The fraction of sp³-hybridized carbons (Fsp3) is 0.400. The van der Waals surface area contributed by atoms with Crippen molar-refractivity contribution in [1.82, 2.24) is 0 Å². The molecule has 0 heterocycles. The van der Waals surface area contributed by atoms with Gasteiger partial charge in [-0.1, -0.05) is 19.1 Å². The molecule has 2 heteroatoms. The monoisotopic (exact) mass is 165 g/mol. The highest BCUT2D eigenvalue weighted by molar-refractivity contribution is 5.34. The fourth-order valence-electron chi connectivity index (χ4n) is 1.56. The summed E-state index contributed by atoms with van der Waals surface area (Å²) in [7, 11) is 0. The molecular weight excluding hydrogens is 153 g/mol. The van der Waals surface area contributed by atoms with Gasteiger partial charge in [0.1, 0.15) is 5.82 Å². The Labute approximate surface area is 71.4 Å². The summed E-state index contributed by atoms with van der Waals surface area (Å²) in [5.74, 6) is -0.184. The second-order valence-electron chi connectivity index (χ2n) is 3.73. The zero-order valence-electron chi connectivity index (χ0n) is 7.05. The highest BCUT2D eigenvalue weighted by Gasteiger charge is 2.48. The molecule has 0 saturated heterocycles. The van der Waals surface area contributed by atoms with Crippen LogP contribution in [0.5, 0.6) is 0 Å². The lowest BCUT2D eigenvalue weighted by Crippen LogP contribution is -2.14. The summed E-state index contributed by atoms with van der Waals surface area (Å²) in [5.41, 5.74) is 7.03. The van der Waals surface area contributed by atoms with Gasteiger partial charge in [-0.3, -0.25) is 0 Å². The lowest BCUT2D eigenvalue weighted by molar-refractivity contribution is 0.624. The zero-order chi connectivity index (χ0) is 8.77. The lowest BCUT2D eigenvalue weighted by Gasteiger charge is -2.08. The smallest absolute Gasteiger partial charge is 0.123 e. The number of hydrogen-bond donors (Lipinski definition) is 1. The lowest BCUT2D eigenvalue weighted by atomic mass is 9.98. The molecule has 2 rings (SSSR count). The van der Waals surface area contributed by atoms with Crippen LogP contribution >= 0.6 is 0 Å². The molecule has 0 amide bonds. The maximum Gasteiger partial charge on any atom is 0.123 e. The normalized spacial score (nSPS) is 33.4. The van der Waals surface area contributed by atoms with E-state index in [0.29, 0.717) is 0 Å². The van der Waals surface area contributed by atoms with Crippen molar-refractivity contribution in [3.05, 3.63) is 35.6 Å². The maximum absolute atomic E-state index is 12.6.